The van der Waals surface area contributed by atoms with Gasteiger partial charge in [-0.25, -0.2) is 8.42 Å². The molecule has 0 N–H and O–H groups in total. The highest BCUT2D eigenvalue weighted by molar-refractivity contribution is 7.89. The minimum atomic E-state index is -3.64. The van der Waals surface area contributed by atoms with Crippen molar-refractivity contribution < 1.29 is 22.4 Å². The van der Waals surface area contributed by atoms with Gasteiger partial charge in [0.2, 0.25) is 10.0 Å². The summed E-state index contributed by atoms with van der Waals surface area (Å²) in [6.07, 6.45) is 1.54. The van der Waals surface area contributed by atoms with Crippen molar-refractivity contribution in [3.8, 4) is 0 Å². The van der Waals surface area contributed by atoms with Crippen molar-refractivity contribution in [1.29, 1.82) is 0 Å². The van der Waals surface area contributed by atoms with Gasteiger partial charge < -0.3 is 9.15 Å². The number of esters is 1. The molecule has 0 radical (unpaired) electrons. The first-order valence-corrected chi connectivity index (χ1v) is 10.1. The van der Waals surface area contributed by atoms with Gasteiger partial charge in [0.25, 0.3) is 0 Å². The van der Waals surface area contributed by atoms with Crippen molar-refractivity contribution in [2.24, 2.45) is 17.3 Å². The third kappa shape index (κ3) is 2.56. The number of rotatable bonds is 5. The number of sulfonamides is 1. The van der Waals surface area contributed by atoms with Crippen molar-refractivity contribution in [2.75, 3.05) is 20.2 Å². The van der Waals surface area contributed by atoms with E-state index in [1.54, 1.807) is 36.4 Å². The van der Waals surface area contributed by atoms with E-state index >= 15 is 0 Å². The molecule has 142 valence electrons. The van der Waals surface area contributed by atoms with Crippen LogP contribution in [-0.2, 0) is 19.6 Å². The standard InChI is InChI=1S/C20H21NO5S/c1-13-6-8-15(9-7-13)27(23,24)21-11-16-18(19(22)25-3)20(16,12-21)14(2)17-5-4-10-26-17/h4-10,16,18H,2,11-12H2,1,3H3/t16-,18-,20+/m1/s1. The number of methoxy groups -OCH3 is 1. The summed E-state index contributed by atoms with van der Waals surface area (Å²) in [5.41, 5.74) is 0.962. The fraction of sp³-hybridized carbons (Fsp3) is 0.350. The predicted molar refractivity (Wildman–Crippen MR) is 99.1 cm³/mol. The highest BCUT2D eigenvalue weighted by Crippen LogP contribution is 2.69. The minimum Gasteiger partial charge on any atom is -0.469 e. The molecule has 7 heteroatoms. The van der Waals surface area contributed by atoms with Gasteiger partial charge in [0.15, 0.2) is 0 Å². The van der Waals surface area contributed by atoms with E-state index in [-0.39, 0.29) is 29.9 Å². The van der Waals surface area contributed by atoms with Gasteiger partial charge in [-0.15, -0.1) is 0 Å². The van der Waals surface area contributed by atoms with E-state index in [4.69, 9.17) is 9.15 Å². The van der Waals surface area contributed by atoms with E-state index in [9.17, 15) is 13.2 Å². The lowest BCUT2D eigenvalue weighted by Gasteiger charge is -2.23. The molecule has 0 spiro atoms. The van der Waals surface area contributed by atoms with Crippen molar-refractivity contribution in [1.82, 2.24) is 4.31 Å². The topological polar surface area (TPSA) is 76.8 Å². The molecule has 2 heterocycles. The first-order valence-electron chi connectivity index (χ1n) is 8.70. The van der Waals surface area contributed by atoms with Crippen LogP contribution in [0.2, 0.25) is 0 Å². The normalized spacial score (nSPS) is 27.2. The molecule has 1 aliphatic carbocycles. The Bertz CT molecular complexity index is 994. The second-order valence-corrected chi connectivity index (χ2v) is 9.15. The van der Waals surface area contributed by atoms with Gasteiger partial charge in [-0.1, -0.05) is 24.3 Å². The molecule has 1 aromatic heterocycles. The first kappa shape index (κ1) is 18.0. The highest BCUT2D eigenvalue weighted by atomic mass is 32.2. The number of carbonyl (C=O) groups is 1. The molecule has 1 saturated carbocycles. The van der Waals surface area contributed by atoms with E-state index in [0.29, 0.717) is 11.3 Å². The van der Waals surface area contributed by atoms with Crippen molar-refractivity contribution in [3.05, 3.63) is 60.6 Å². The smallest absolute Gasteiger partial charge is 0.309 e. The third-order valence-corrected chi connectivity index (χ3v) is 7.67. The number of carbonyl (C=O) groups excluding carboxylic acids is 1. The Balaban J connectivity index is 1.67. The summed E-state index contributed by atoms with van der Waals surface area (Å²) < 4.78 is 38.0. The van der Waals surface area contributed by atoms with Gasteiger partial charge >= 0.3 is 5.97 Å². The van der Waals surface area contributed by atoms with Crippen LogP contribution >= 0.6 is 0 Å². The molecular weight excluding hydrogens is 366 g/mol. The zero-order chi connectivity index (χ0) is 19.4. The number of ether oxygens (including phenoxy) is 1. The Hall–Kier alpha value is -2.38. The molecule has 1 aromatic carbocycles. The molecule has 4 rings (SSSR count). The molecule has 2 fully saturated rings. The molecule has 1 saturated heterocycles. The van der Waals surface area contributed by atoms with Crippen LogP contribution in [-0.4, -0.2) is 38.9 Å². The predicted octanol–water partition coefficient (Wildman–Crippen LogP) is 2.71. The van der Waals surface area contributed by atoms with E-state index in [0.717, 1.165) is 5.56 Å². The van der Waals surface area contributed by atoms with Crippen LogP contribution < -0.4 is 0 Å². The van der Waals surface area contributed by atoms with Gasteiger partial charge in [0.1, 0.15) is 5.76 Å². The summed E-state index contributed by atoms with van der Waals surface area (Å²) >= 11 is 0. The van der Waals surface area contributed by atoms with E-state index in [1.165, 1.54) is 17.7 Å². The van der Waals surface area contributed by atoms with Gasteiger partial charge in [0.05, 0.1) is 24.2 Å². The number of piperidine rings is 1. The maximum Gasteiger partial charge on any atom is 0.309 e. The minimum absolute atomic E-state index is 0.164. The van der Waals surface area contributed by atoms with Crippen LogP contribution in [0.5, 0.6) is 0 Å². The molecule has 27 heavy (non-hydrogen) atoms. The molecule has 0 bridgehead atoms. The van der Waals surface area contributed by atoms with Crippen LogP contribution in [0.4, 0.5) is 0 Å². The van der Waals surface area contributed by atoms with E-state index in [1.807, 2.05) is 6.92 Å². The van der Waals surface area contributed by atoms with Crippen LogP contribution in [0.3, 0.4) is 0 Å². The van der Waals surface area contributed by atoms with Gasteiger partial charge in [-0.3, -0.25) is 4.79 Å². The average Bonchev–Trinajstić information content (AvgIpc) is 3.05. The zero-order valence-corrected chi connectivity index (χ0v) is 16.0. The summed E-state index contributed by atoms with van der Waals surface area (Å²) in [6.45, 7) is 6.49. The summed E-state index contributed by atoms with van der Waals surface area (Å²) in [5.74, 6) is -0.326. The van der Waals surface area contributed by atoms with Gasteiger partial charge in [-0.2, -0.15) is 4.31 Å². The van der Waals surface area contributed by atoms with Crippen molar-refractivity contribution >= 4 is 21.6 Å². The van der Waals surface area contributed by atoms with Crippen molar-refractivity contribution in [2.45, 2.75) is 11.8 Å². The second-order valence-electron chi connectivity index (χ2n) is 7.21. The SMILES string of the molecule is C=C(c1ccco1)[C@@]12CN(S(=O)(=O)c3ccc(C)cc3)C[C@@H]1[C@@H]2C(=O)OC. The van der Waals surface area contributed by atoms with Crippen LogP contribution in [0.15, 0.2) is 58.6 Å². The number of aryl methyl sites for hydroxylation is 1. The highest BCUT2D eigenvalue weighted by Gasteiger charge is 2.75. The molecule has 1 aliphatic heterocycles. The van der Waals surface area contributed by atoms with Crippen LogP contribution in [0.1, 0.15) is 11.3 Å². The van der Waals surface area contributed by atoms with Gasteiger partial charge in [0, 0.05) is 18.5 Å². The molecule has 2 aliphatic rings. The number of hydrogen-bond acceptors (Lipinski definition) is 5. The number of furan rings is 1. The van der Waals surface area contributed by atoms with Crippen molar-refractivity contribution in [3.63, 3.8) is 0 Å². The molecular formula is C20H21NO5S. The average molecular weight is 387 g/mol. The zero-order valence-electron chi connectivity index (χ0n) is 15.2. The van der Waals surface area contributed by atoms with E-state index < -0.39 is 21.4 Å². The Morgan fingerprint density at radius 2 is 2.00 bits per heavy atom. The first-order chi connectivity index (χ1) is 12.8. The Morgan fingerprint density at radius 1 is 1.30 bits per heavy atom. The number of nitrogens with zero attached hydrogens (tertiary/aromatic N) is 1. The summed E-state index contributed by atoms with van der Waals surface area (Å²) in [4.78, 5) is 12.5. The third-order valence-electron chi connectivity index (χ3n) is 5.84. The largest absolute Gasteiger partial charge is 0.469 e. The quantitative estimate of drug-likeness (QED) is 0.738. The maximum absolute atomic E-state index is 13.1. The molecule has 6 nitrogen and oxygen atoms in total. The second kappa shape index (κ2) is 6.07. The van der Waals surface area contributed by atoms with Gasteiger partial charge in [-0.05, 0) is 42.7 Å². The van der Waals surface area contributed by atoms with E-state index in [2.05, 4.69) is 6.58 Å². The fourth-order valence-electron chi connectivity index (χ4n) is 4.31. The number of benzene rings is 1. The Morgan fingerprint density at radius 3 is 2.59 bits per heavy atom. The summed E-state index contributed by atoms with van der Waals surface area (Å²) in [7, 11) is -2.30. The van der Waals surface area contributed by atoms with Crippen LogP contribution in [0, 0.1) is 24.2 Å². The lowest BCUT2D eigenvalue weighted by molar-refractivity contribution is -0.143. The molecule has 3 atom stereocenters. The molecule has 2 aromatic rings. The monoisotopic (exact) mass is 387 g/mol. The maximum atomic E-state index is 13.1. The Kier molecular flexibility index (Phi) is 4.05. The number of fused-ring (bicyclic) bond motifs is 1. The molecule has 0 amide bonds. The number of hydrogen-bond donors (Lipinski definition) is 0. The lowest BCUT2D eigenvalue weighted by Crippen LogP contribution is -2.35. The fourth-order valence-corrected chi connectivity index (χ4v) is 5.83. The lowest BCUT2D eigenvalue weighted by atomic mass is 9.92. The summed E-state index contributed by atoms with van der Waals surface area (Å²) in [5, 5.41) is 0. The summed E-state index contributed by atoms with van der Waals surface area (Å²) in [6, 6.07) is 10.3. The van der Waals surface area contributed by atoms with Crippen LogP contribution in [0.25, 0.3) is 5.57 Å². The Labute approximate surface area is 158 Å². The molecule has 0 unspecified atom stereocenters.